The van der Waals surface area contributed by atoms with Crippen molar-refractivity contribution < 1.29 is 0 Å². The second-order valence-electron chi connectivity index (χ2n) is 6.04. The topological polar surface area (TPSA) is 0 Å². The van der Waals surface area contributed by atoms with Gasteiger partial charge in [-0.1, -0.05) is 19.3 Å². The number of hydrogen-bond donors (Lipinski definition) is 0. The zero-order chi connectivity index (χ0) is 10.3. The van der Waals surface area contributed by atoms with Gasteiger partial charge in [0, 0.05) is 5.92 Å². The average molecular weight is 202 g/mol. The van der Waals surface area contributed by atoms with Crippen LogP contribution in [0.4, 0.5) is 0 Å². The average Bonchev–Trinajstić information content (AvgIpc) is 2.66. The molecule has 3 aliphatic rings. The Morgan fingerprint density at radius 1 is 0.800 bits per heavy atom. The van der Waals surface area contributed by atoms with Crippen molar-refractivity contribution in [1.82, 2.24) is 0 Å². The van der Waals surface area contributed by atoms with Crippen LogP contribution >= 0.6 is 0 Å². The number of rotatable bonds is 0. The fraction of sp³-hybridized carbons (Fsp3) is 0.867. The van der Waals surface area contributed by atoms with E-state index in [0.29, 0.717) is 5.92 Å². The lowest BCUT2D eigenvalue weighted by atomic mass is 9.71. The molecule has 0 aliphatic heterocycles. The summed E-state index contributed by atoms with van der Waals surface area (Å²) in [4.78, 5) is 0. The van der Waals surface area contributed by atoms with Crippen molar-refractivity contribution in [3.8, 4) is 12.3 Å². The van der Waals surface area contributed by atoms with Gasteiger partial charge in [-0.05, 0) is 55.8 Å². The molecule has 3 saturated carbocycles. The minimum Gasteiger partial charge on any atom is -0.120 e. The molecule has 3 aliphatic carbocycles. The predicted molar refractivity (Wildman–Crippen MR) is 63.2 cm³/mol. The molecule has 0 aromatic carbocycles. The van der Waals surface area contributed by atoms with Gasteiger partial charge in [0.25, 0.3) is 0 Å². The summed E-state index contributed by atoms with van der Waals surface area (Å²) in [6, 6.07) is 0. The molecule has 0 nitrogen and oxygen atoms in total. The summed E-state index contributed by atoms with van der Waals surface area (Å²) in [5, 5.41) is 0. The maximum absolute atomic E-state index is 5.58. The van der Waals surface area contributed by atoms with Gasteiger partial charge in [-0.3, -0.25) is 0 Å². The summed E-state index contributed by atoms with van der Waals surface area (Å²) < 4.78 is 0. The van der Waals surface area contributed by atoms with E-state index < -0.39 is 0 Å². The highest BCUT2D eigenvalue weighted by molar-refractivity contribution is 5.02. The third-order valence-corrected chi connectivity index (χ3v) is 5.40. The normalized spacial score (nSPS) is 49.1. The molecule has 0 amide bonds. The molecular weight excluding hydrogens is 180 g/mol. The second-order valence-corrected chi connectivity index (χ2v) is 6.04. The Morgan fingerprint density at radius 2 is 1.60 bits per heavy atom. The third kappa shape index (κ3) is 1.61. The minimum absolute atomic E-state index is 0.617. The Bertz CT molecular complexity index is 272. The summed E-state index contributed by atoms with van der Waals surface area (Å²) in [6.07, 6.45) is 17.3. The first kappa shape index (κ1) is 9.76. The van der Waals surface area contributed by atoms with Gasteiger partial charge < -0.3 is 0 Å². The van der Waals surface area contributed by atoms with Crippen LogP contribution in [-0.4, -0.2) is 0 Å². The first-order valence-electron chi connectivity index (χ1n) is 6.84. The standard InChI is InChI=1S/C15H22/c1-2-11-7-8-15-13(9-11)10-12-5-3-4-6-14(12)15/h1,11-15H,3-10H2. The molecule has 0 heterocycles. The van der Waals surface area contributed by atoms with E-state index in [1.54, 1.807) is 0 Å². The minimum atomic E-state index is 0.617. The number of hydrogen-bond acceptors (Lipinski definition) is 0. The molecular formula is C15H22. The monoisotopic (exact) mass is 202 g/mol. The molecule has 82 valence electrons. The Kier molecular flexibility index (Phi) is 2.51. The van der Waals surface area contributed by atoms with Crippen LogP contribution in [0.5, 0.6) is 0 Å². The van der Waals surface area contributed by atoms with Gasteiger partial charge >= 0.3 is 0 Å². The first-order valence-corrected chi connectivity index (χ1v) is 6.84. The molecule has 0 radical (unpaired) electrons. The van der Waals surface area contributed by atoms with Crippen LogP contribution in [0.15, 0.2) is 0 Å². The number of fused-ring (bicyclic) bond motifs is 3. The molecule has 5 unspecified atom stereocenters. The van der Waals surface area contributed by atoms with E-state index in [4.69, 9.17) is 6.42 Å². The first-order chi connectivity index (χ1) is 7.38. The van der Waals surface area contributed by atoms with Gasteiger partial charge in [0.05, 0.1) is 0 Å². The van der Waals surface area contributed by atoms with E-state index >= 15 is 0 Å². The lowest BCUT2D eigenvalue weighted by molar-refractivity contribution is 0.169. The van der Waals surface area contributed by atoms with Gasteiger partial charge in [0.2, 0.25) is 0 Å². The maximum atomic E-state index is 5.58. The van der Waals surface area contributed by atoms with Gasteiger partial charge in [-0.2, -0.15) is 0 Å². The van der Waals surface area contributed by atoms with E-state index in [0.717, 1.165) is 23.7 Å². The molecule has 0 bridgehead atoms. The van der Waals surface area contributed by atoms with E-state index in [1.807, 2.05) is 0 Å². The Balaban J connectivity index is 1.73. The zero-order valence-corrected chi connectivity index (χ0v) is 9.62. The van der Waals surface area contributed by atoms with Crippen molar-refractivity contribution in [3.05, 3.63) is 0 Å². The maximum Gasteiger partial charge on any atom is 0.0203 e. The molecule has 15 heavy (non-hydrogen) atoms. The molecule has 5 atom stereocenters. The van der Waals surface area contributed by atoms with E-state index in [9.17, 15) is 0 Å². The van der Waals surface area contributed by atoms with E-state index in [-0.39, 0.29) is 0 Å². The molecule has 0 aromatic rings. The van der Waals surface area contributed by atoms with Gasteiger partial charge in [-0.15, -0.1) is 12.3 Å². The zero-order valence-electron chi connectivity index (χ0n) is 9.62. The summed E-state index contributed by atoms with van der Waals surface area (Å²) in [5.41, 5.74) is 0. The van der Waals surface area contributed by atoms with Crippen LogP contribution in [0.1, 0.15) is 51.4 Å². The fourth-order valence-corrected chi connectivity index (χ4v) is 4.76. The summed E-state index contributed by atoms with van der Waals surface area (Å²) in [5.74, 6) is 7.88. The fourth-order valence-electron chi connectivity index (χ4n) is 4.76. The highest BCUT2D eigenvalue weighted by atomic mass is 14.5. The molecule has 0 N–H and O–H groups in total. The van der Waals surface area contributed by atoms with Crippen LogP contribution in [0.2, 0.25) is 0 Å². The van der Waals surface area contributed by atoms with Crippen LogP contribution in [-0.2, 0) is 0 Å². The lowest BCUT2D eigenvalue weighted by Gasteiger charge is -2.34. The van der Waals surface area contributed by atoms with E-state index in [2.05, 4.69) is 5.92 Å². The largest absolute Gasteiger partial charge is 0.120 e. The van der Waals surface area contributed by atoms with Gasteiger partial charge in [-0.25, -0.2) is 0 Å². The van der Waals surface area contributed by atoms with Crippen molar-refractivity contribution in [1.29, 1.82) is 0 Å². The lowest BCUT2D eigenvalue weighted by Crippen LogP contribution is -2.25. The molecule has 3 rings (SSSR count). The van der Waals surface area contributed by atoms with Gasteiger partial charge in [0.1, 0.15) is 0 Å². The summed E-state index contributed by atoms with van der Waals surface area (Å²) in [6.45, 7) is 0. The smallest absolute Gasteiger partial charge is 0.0203 e. The van der Waals surface area contributed by atoms with Crippen molar-refractivity contribution in [2.45, 2.75) is 51.4 Å². The highest BCUT2D eigenvalue weighted by Crippen LogP contribution is 2.54. The molecule has 0 heteroatoms. The summed E-state index contributed by atoms with van der Waals surface area (Å²) >= 11 is 0. The van der Waals surface area contributed by atoms with Crippen LogP contribution in [0.25, 0.3) is 0 Å². The Hall–Kier alpha value is -0.440. The van der Waals surface area contributed by atoms with Crippen LogP contribution < -0.4 is 0 Å². The Morgan fingerprint density at radius 3 is 2.47 bits per heavy atom. The molecule has 0 saturated heterocycles. The second kappa shape index (κ2) is 3.85. The number of terminal acetylenes is 1. The Labute approximate surface area is 93.8 Å². The third-order valence-electron chi connectivity index (χ3n) is 5.40. The van der Waals surface area contributed by atoms with Crippen molar-refractivity contribution >= 4 is 0 Å². The van der Waals surface area contributed by atoms with Gasteiger partial charge in [0.15, 0.2) is 0 Å². The predicted octanol–water partition coefficient (Wildman–Crippen LogP) is 3.86. The van der Waals surface area contributed by atoms with E-state index in [1.165, 1.54) is 51.4 Å². The van der Waals surface area contributed by atoms with Crippen LogP contribution in [0, 0.1) is 41.9 Å². The highest BCUT2D eigenvalue weighted by Gasteiger charge is 2.45. The SMILES string of the molecule is C#CC1CCC2C(C1)CC1CCCCC12. The summed E-state index contributed by atoms with van der Waals surface area (Å²) in [7, 11) is 0. The quantitative estimate of drug-likeness (QED) is 0.523. The molecule has 3 fully saturated rings. The van der Waals surface area contributed by atoms with Crippen molar-refractivity contribution in [2.75, 3.05) is 0 Å². The molecule has 0 aromatic heterocycles. The molecule has 0 spiro atoms. The van der Waals surface area contributed by atoms with Crippen molar-refractivity contribution in [3.63, 3.8) is 0 Å². The van der Waals surface area contributed by atoms with Crippen LogP contribution in [0.3, 0.4) is 0 Å². The van der Waals surface area contributed by atoms with Crippen molar-refractivity contribution in [2.24, 2.45) is 29.6 Å².